The van der Waals surface area contributed by atoms with E-state index in [2.05, 4.69) is 6.92 Å². The van der Waals surface area contributed by atoms with Gasteiger partial charge in [0.05, 0.1) is 6.61 Å². The molecule has 0 amide bonds. The minimum atomic E-state index is -2.20. The second-order valence-corrected chi connectivity index (χ2v) is 8.40. The van der Waals surface area contributed by atoms with E-state index in [1.807, 2.05) is 20.8 Å². The van der Waals surface area contributed by atoms with Crippen LogP contribution in [0.5, 0.6) is 5.75 Å². The van der Waals surface area contributed by atoms with E-state index in [0.717, 1.165) is 25.7 Å². The normalized spacial score (nSPS) is 12.8. The van der Waals surface area contributed by atoms with Crippen LogP contribution in [0.25, 0.3) is 0 Å². The van der Waals surface area contributed by atoms with Gasteiger partial charge in [-0.3, -0.25) is 0 Å². The minimum absolute atomic E-state index is 0.0947. The highest BCUT2D eigenvalue weighted by Crippen LogP contribution is 2.35. The molecule has 0 heterocycles. The van der Waals surface area contributed by atoms with Gasteiger partial charge in [0.15, 0.2) is 5.75 Å². The van der Waals surface area contributed by atoms with Crippen LogP contribution >= 0.6 is 0 Å². The van der Waals surface area contributed by atoms with Crippen LogP contribution in [0.1, 0.15) is 91.9 Å². The first-order valence-corrected chi connectivity index (χ1v) is 12.8. The van der Waals surface area contributed by atoms with E-state index in [-0.39, 0.29) is 12.5 Å². The van der Waals surface area contributed by atoms with Crippen molar-refractivity contribution in [3.05, 3.63) is 29.1 Å². The Morgan fingerprint density at radius 2 is 1.00 bits per heavy atom. The number of rotatable bonds is 20. The number of unbranched alkanes of at least 4 members (excludes halogenated alkanes) is 6. The molecule has 0 aliphatic heterocycles. The van der Waals surface area contributed by atoms with Crippen molar-refractivity contribution in [1.29, 1.82) is 0 Å². The monoisotopic (exact) mass is 512 g/mol. The highest BCUT2D eigenvalue weighted by molar-refractivity contribution is 5.29. The smallest absolute Gasteiger partial charge is 0.285 e. The van der Waals surface area contributed by atoms with Crippen LogP contribution < -0.4 is 4.74 Å². The van der Waals surface area contributed by atoms with E-state index < -0.39 is 40.8 Å². The molecule has 0 bridgehead atoms. The first-order chi connectivity index (χ1) is 16.8. The molecule has 0 saturated carbocycles. The van der Waals surface area contributed by atoms with Gasteiger partial charge >= 0.3 is 0 Å². The van der Waals surface area contributed by atoms with Crippen LogP contribution in [0.2, 0.25) is 0 Å². The fourth-order valence-electron chi connectivity index (χ4n) is 4.13. The summed E-state index contributed by atoms with van der Waals surface area (Å²) < 4.78 is 90.4. The van der Waals surface area contributed by atoms with Gasteiger partial charge in [0.25, 0.3) is 5.97 Å². The Hall–Kier alpha value is -1.45. The fourth-order valence-corrected chi connectivity index (χ4v) is 4.13. The number of hydrogen-bond acceptors (Lipinski definition) is 4. The summed E-state index contributed by atoms with van der Waals surface area (Å²) in [4.78, 5) is 0. The average molecular weight is 513 g/mol. The Morgan fingerprint density at radius 3 is 1.49 bits per heavy atom. The van der Waals surface area contributed by atoms with Crippen LogP contribution in [-0.4, -0.2) is 32.4 Å². The van der Waals surface area contributed by atoms with E-state index in [4.69, 9.17) is 18.9 Å². The molecule has 0 fully saturated rings. The van der Waals surface area contributed by atoms with Crippen LogP contribution in [0, 0.1) is 35.0 Å². The summed E-state index contributed by atoms with van der Waals surface area (Å²) in [6, 6.07) is 0. The quantitative estimate of drug-likeness (QED) is 0.0582. The summed E-state index contributed by atoms with van der Waals surface area (Å²) >= 11 is 0. The molecule has 0 aliphatic carbocycles. The Kier molecular flexibility index (Phi) is 15.4. The van der Waals surface area contributed by atoms with Crippen molar-refractivity contribution in [2.75, 3.05) is 26.4 Å². The molecule has 204 valence electrons. The molecule has 1 aromatic rings. The number of hydrogen-bond donors (Lipinski definition) is 0. The summed E-state index contributed by atoms with van der Waals surface area (Å²) in [5, 5.41) is 0. The van der Waals surface area contributed by atoms with E-state index in [0.29, 0.717) is 39.1 Å². The van der Waals surface area contributed by atoms with Gasteiger partial charge in [-0.05, 0) is 46.5 Å². The molecule has 0 spiro atoms. The van der Waals surface area contributed by atoms with Crippen molar-refractivity contribution in [2.24, 2.45) is 5.92 Å². The van der Waals surface area contributed by atoms with Gasteiger partial charge in [-0.1, -0.05) is 45.4 Å². The molecule has 1 unspecified atom stereocenters. The highest BCUT2D eigenvalue weighted by atomic mass is 19.2. The average Bonchev–Trinajstić information content (AvgIpc) is 2.84. The third-order valence-electron chi connectivity index (χ3n) is 5.81. The van der Waals surface area contributed by atoms with E-state index in [9.17, 15) is 22.0 Å². The molecular formula is C26H41F5O4. The molecule has 4 nitrogen and oxygen atoms in total. The molecule has 35 heavy (non-hydrogen) atoms. The Bertz CT molecular complexity index is 686. The molecule has 0 aliphatic rings. The maximum Gasteiger partial charge on any atom is 0.285 e. The molecule has 1 aromatic carbocycles. The maximum atomic E-state index is 13.8. The lowest BCUT2D eigenvalue weighted by Gasteiger charge is -2.39. The van der Waals surface area contributed by atoms with E-state index in [1.54, 1.807) is 0 Å². The summed E-state index contributed by atoms with van der Waals surface area (Å²) in [7, 11) is 0. The second-order valence-electron chi connectivity index (χ2n) is 8.40. The maximum absolute atomic E-state index is 13.8. The highest BCUT2D eigenvalue weighted by Gasteiger charge is 2.41. The van der Waals surface area contributed by atoms with Gasteiger partial charge in [-0.2, -0.15) is 8.78 Å². The molecule has 0 N–H and O–H groups in total. The van der Waals surface area contributed by atoms with Crippen molar-refractivity contribution in [3.63, 3.8) is 0 Å². The lowest BCUT2D eigenvalue weighted by molar-refractivity contribution is -0.403. The third-order valence-corrected chi connectivity index (χ3v) is 5.81. The minimum Gasteiger partial charge on any atom is -0.487 e. The van der Waals surface area contributed by atoms with Crippen LogP contribution in [-0.2, 0) is 14.2 Å². The Balaban J connectivity index is 2.79. The zero-order valence-electron chi connectivity index (χ0n) is 21.5. The SMILES string of the molecule is CCCCCCCCC(CCCCOc1c(F)c(F)c(F)c(F)c1F)C(OCC)(OCC)OCC. The van der Waals surface area contributed by atoms with Gasteiger partial charge in [0.1, 0.15) is 0 Å². The molecule has 9 heteroatoms. The largest absolute Gasteiger partial charge is 0.487 e. The van der Waals surface area contributed by atoms with Gasteiger partial charge in [0.2, 0.25) is 29.1 Å². The molecule has 0 radical (unpaired) electrons. The summed E-state index contributed by atoms with van der Waals surface area (Å²) in [6.07, 6.45) is 9.14. The van der Waals surface area contributed by atoms with Crippen molar-refractivity contribution in [1.82, 2.24) is 0 Å². The Labute approximate surface area is 206 Å². The lowest BCUT2D eigenvalue weighted by atomic mass is 9.92. The first kappa shape index (κ1) is 31.6. The first-order valence-electron chi connectivity index (χ1n) is 12.8. The Morgan fingerprint density at radius 1 is 0.571 bits per heavy atom. The number of benzene rings is 1. The summed E-state index contributed by atoms with van der Waals surface area (Å²) in [6.45, 7) is 8.77. The van der Waals surface area contributed by atoms with Crippen molar-refractivity contribution < 1.29 is 40.9 Å². The fraction of sp³-hybridized carbons (Fsp3) is 0.769. The van der Waals surface area contributed by atoms with Gasteiger partial charge in [0, 0.05) is 25.7 Å². The van der Waals surface area contributed by atoms with E-state index >= 15 is 0 Å². The summed E-state index contributed by atoms with van der Waals surface area (Å²) in [5.41, 5.74) is 0. The van der Waals surface area contributed by atoms with Gasteiger partial charge in [-0.25, -0.2) is 13.2 Å². The zero-order valence-corrected chi connectivity index (χ0v) is 21.5. The molecule has 1 rings (SSSR count). The van der Waals surface area contributed by atoms with Crippen LogP contribution in [0.3, 0.4) is 0 Å². The zero-order chi connectivity index (χ0) is 26.3. The molecule has 1 atom stereocenters. The van der Waals surface area contributed by atoms with Crippen molar-refractivity contribution in [3.8, 4) is 5.75 Å². The van der Waals surface area contributed by atoms with Gasteiger partial charge in [-0.15, -0.1) is 0 Å². The molecule has 0 aromatic heterocycles. The number of halogens is 5. The second kappa shape index (κ2) is 17.1. The molecule has 0 saturated heterocycles. The van der Waals surface area contributed by atoms with Crippen molar-refractivity contribution >= 4 is 0 Å². The van der Waals surface area contributed by atoms with Gasteiger partial charge < -0.3 is 18.9 Å². The predicted octanol–water partition coefficient (Wildman–Crippen LogP) is 8.06. The number of ether oxygens (including phenoxy) is 4. The van der Waals surface area contributed by atoms with Crippen LogP contribution in [0.15, 0.2) is 0 Å². The lowest BCUT2D eigenvalue weighted by Crippen LogP contribution is -2.46. The predicted molar refractivity (Wildman–Crippen MR) is 125 cm³/mol. The van der Waals surface area contributed by atoms with Crippen LogP contribution in [0.4, 0.5) is 22.0 Å². The molecular weight excluding hydrogens is 471 g/mol. The topological polar surface area (TPSA) is 36.9 Å². The third kappa shape index (κ3) is 9.50. The van der Waals surface area contributed by atoms with Crippen molar-refractivity contribution in [2.45, 2.75) is 97.9 Å². The summed E-state index contributed by atoms with van der Waals surface area (Å²) in [5.74, 6) is -12.7. The standard InChI is InChI=1S/C26H41F5O4/c1-5-9-10-11-12-13-16-19(26(33-6-2,34-7-3)35-8-4)17-14-15-18-32-25-23(30)21(28)20(27)22(29)24(25)31/h19H,5-18H2,1-4H3. The van der Waals surface area contributed by atoms with E-state index in [1.165, 1.54) is 19.3 Å².